The van der Waals surface area contributed by atoms with E-state index >= 15 is 0 Å². The number of halogens is 3. The van der Waals surface area contributed by atoms with Gasteiger partial charge in [0.2, 0.25) is 0 Å². The first-order chi connectivity index (χ1) is 8.56. The van der Waals surface area contributed by atoms with E-state index in [-0.39, 0.29) is 17.9 Å². The van der Waals surface area contributed by atoms with Gasteiger partial charge >= 0.3 is 0 Å². The predicted octanol–water partition coefficient (Wildman–Crippen LogP) is 3.99. The van der Waals surface area contributed by atoms with Crippen molar-refractivity contribution in [2.24, 2.45) is 0 Å². The van der Waals surface area contributed by atoms with Gasteiger partial charge in [-0.15, -0.1) is 0 Å². The molecule has 0 saturated heterocycles. The van der Waals surface area contributed by atoms with Crippen LogP contribution in [0.4, 0.5) is 13.2 Å². The normalized spacial score (nSPS) is 10.4. The van der Waals surface area contributed by atoms with Gasteiger partial charge in [-0.2, -0.15) is 0 Å². The van der Waals surface area contributed by atoms with Gasteiger partial charge < -0.3 is 4.74 Å². The van der Waals surface area contributed by atoms with Gasteiger partial charge in [-0.05, 0) is 36.8 Å². The van der Waals surface area contributed by atoms with Crippen LogP contribution in [0.25, 0.3) is 0 Å². The summed E-state index contributed by atoms with van der Waals surface area (Å²) in [5.74, 6) is -1.21. The molecule has 0 aliphatic carbocycles. The summed E-state index contributed by atoms with van der Waals surface area (Å²) in [6.45, 7) is 1.48. The molecule has 0 fully saturated rings. The van der Waals surface area contributed by atoms with Gasteiger partial charge in [0.1, 0.15) is 29.8 Å². The minimum absolute atomic E-state index is 0.0935. The average Bonchev–Trinajstić information content (AvgIpc) is 2.34. The van der Waals surface area contributed by atoms with Crippen molar-refractivity contribution in [1.29, 1.82) is 0 Å². The van der Waals surface area contributed by atoms with Gasteiger partial charge in [-0.3, -0.25) is 0 Å². The van der Waals surface area contributed by atoms with Gasteiger partial charge in [0, 0.05) is 11.6 Å². The van der Waals surface area contributed by atoms with E-state index in [1.807, 2.05) is 0 Å². The van der Waals surface area contributed by atoms with Crippen LogP contribution in [0.2, 0.25) is 0 Å². The van der Waals surface area contributed by atoms with E-state index in [1.165, 1.54) is 6.07 Å². The molecular weight excluding hydrogens is 241 g/mol. The second kappa shape index (κ2) is 5.12. The number of rotatable bonds is 3. The maximum Gasteiger partial charge on any atom is 0.130 e. The van der Waals surface area contributed by atoms with Crippen molar-refractivity contribution in [2.75, 3.05) is 0 Å². The summed E-state index contributed by atoms with van der Waals surface area (Å²) in [6.07, 6.45) is 0. The summed E-state index contributed by atoms with van der Waals surface area (Å²) < 4.78 is 44.7. The Balaban J connectivity index is 2.11. The number of hydrogen-bond acceptors (Lipinski definition) is 1. The summed E-state index contributed by atoms with van der Waals surface area (Å²) in [5.41, 5.74) is 0.593. The number of benzene rings is 2. The van der Waals surface area contributed by atoms with E-state index in [9.17, 15) is 13.2 Å². The third-order valence-electron chi connectivity index (χ3n) is 2.55. The van der Waals surface area contributed by atoms with Crippen molar-refractivity contribution in [2.45, 2.75) is 13.5 Å². The topological polar surface area (TPSA) is 9.23 Å². The third-order valence-corrected chi connectivity index (χ3v) is 2.55. The molecule has 0 bridgehead atoms. The van der Waals surface area contributed by atoms with Gasteiger partial charge in [0.25, 0.3) is 0 Å². The zero-order valence-corrected chi connectivity index (χ0v) is 9.71. The van der Waals surface area contributed by atoms with Crippen LogP contribution in [0.15, 0.2) is 36.4 Å². The fourth-order valence-electron chi connectivity index (χ4n) is 1.48. The monoisotopic (exact) mass is 252 g/mol. The third kappa shape index (κ3) is 2.83. The molecule has 0 heterocycles. The highest BCUT2D eigenvalue weighted by Crippen LogP contribution is 2.18. The number of hydrogen-bond donors (Lipinski definition) is 0. The molecule has 0 aromatic heterocycles. The SMILES string of the molecule is Cc1ccc(OCc2cc(F)ccc2F)cc1F. The lowest BCUT2D eigenvalue weighted by Gasteiger charge is -2.08. The van der Waals surface area contributed by atoms with Crippen LogP contribution in [-0.2, 0) is 6.61 Å². The molecule has 0 aliphatic heterocycles. The standard InChI is InChI=1S/C14H11F3O/c1-9-2-4-12(7-14(9)17)18-8-10-6-11(15)3-5-13(10)16/h2-7H,8H2,1H3. The maximum absolute atomic E-state index is 13.3. The Kier molecular flexibility index (Phi) is 3.55. The molecule has 0 saturated carbocycles. The molecule has 94 valence electrons. The van der Waals surface area contributed by atoms with Crippen LogP contribution < -0.4 is 4.74 Å². The van der Waals surface area contributed by atoms with Crippen LogP contribution in [0, 0.1) is 24.4 Å². The Morgan fingerprint density at radius 1 is 0.944 bits per heavy atom. The zero-order valence-electron chi connectivity index (χ0n) is 9.71. The van der Waals surface area contributed by atoms with Crippen molar-refractivity contribution >= 4 is 0 Å². The smallest absolute Gasteiger partial charge is 0.130 e. The van der Waals surface area contributed by atoms with Gasteiger partial charge in [-0.1, -0.05) is 6.07 Å². The molecule has 0 amide bonds. The first-order valence-corrected chi connectivity index (χ1v) is 5.39. The summed E-state index contributed by atoms with van der Waals surface area (Å²) in [5, 5.41) is 0. The summed E-state index contributed by atoms with van der Waals surface area (Å²) in [7, 11) is 0. The van der Waals surface area contributed by atoms with Crippen molar-refractivity contribution in [3.8, 4) is 5.75 Å². The molecule has 0 atom stereocenters. The Morgan fingerprint density at radius 3 is 2.44 bits per heavy atom. The zero-order chi connectivity index (χ0) is 13.1. The van der Waals surface area contributed by atoms with Crippen molar-refractivity contribution in [1.82, 2.24) is 0 Å². The molecule has 0 N–H and O–H groups in total. The lowest BCUT2D eigenvalue weighted by Crippen LogP contribution is -1.99. The first kappa shape index (κ1) is 12.5. The predicted molar refractivity (Wildman–Crippen MR) is 61.8 cm³/mol. The molecule has 4 heteroatoms. The number of aryl methyl sites for hydroxylation is 1. The average molecular weight is 252 g/mol. The minimum atomic E-state index is -0.552. The Bertz CT molecular complexity index is 567. The van der Waals surface area contributed by atoms with Gasteiger partial charge in [-0.25, -0.2) is 13.2 Å². The summed E-state index contributed by atoms with van der Waals surface area (Å²) in [6, 6.07) is 7.47. The lowest BCUT2D eigenvalue weighted by molar-refractivity contribution is 0.297. The van der Waals surface area contributed by atoms with E-state index in [0.29, 0.717) is 5.56 Å². The van der Waals surface area contributed by atoms with Gasteiger partial charge in [0.05, 0.1) is 0 Å². The molecular formula is C14H11F3O. The molecule has 2 rings (SSSR count). The van der Waals surface area contributed by atoms with E-state index in [2.05, 4.69) is 0 Å². The molecule has 2 aromatic carbocycles. The Morgan fingerprint density at radius 2 is 1.72 bits per heavy atom. The van der Waals surface area contributed by atoms with E-state index in [1.54, 1.807) is 19.1 Å². The van der Waals surface area contributed by atoms with Gasteiger partial charge in [0.15, 0.2) is 0 Å². The second-order valence-electron chi connectivity index (χ2n) is 3.94. The van der Waals surface area contributed by atoms with Crippen LogP contribution in [0.1, 0.15) is 11.1 Å². The summed E-state index contributed by atoms with van der Waals surface area (Å²) in [4.78, 5) is 0. The highest BCUT2D eigenvalue weighted by Gasteiger charge is 2.06. The second-order valence-corrected chi connectivity index (χ2v) is 3.94. The highest BCUT2D eigenvalue weighted by molar-refractivity contribution is 5.28. The molecule has 1 nitrogen and oxygen atoms in total. The molecule has 0 radical (unpaired) electrons. The molecule has 0 unspecified atom stereocenters. The van der Waals surface area contributed by atoms with Crippen LogP contribution >= 0.6 is 0 Å². The van der Waals surface area contributed by atoms with Crippen molar-refractivity contribution in [3.63, 3.8) is 0 Å². The lowest BCUT2D eigenvalue weighted by atomic mass is 10.2. The fraction of sp³-hybridized carbons (Fsp3) is 0.143. The Hall–Kier alpha value is -1.97. The van der Waals surface area contributed by atoms with Crippen molar-refractivity contribution < 1.29 is 17.9 Å². The fourth-order valence-corrected chi connectivity index (χ4v) is 1.48. The Labute approximate surface area is 103 Å². The van der Waals surface area contributed by atoms with Crippen molar-refractivity contribution in [3.05, 3.63) is 65.0 Å². The van der Waals surface area contributed by atoms with Crippen LogP contribution in [0.5, 0.6) is 5.75 Å². The highest BCUT2D eigenvalue weighted by atomic mass is 19.1. The van der Waals surface area contributed by atoms with E-state index in [0.717, 1.165) is 18.2 Å². The van der Waals surface area contributed by atoms with Crippen LogP contribution in [-0.4, -0.2) is 0 Å². The first-order valence-electron chi connectivity index (χ1n) is 5.39. The number of ether oxygens (including phenoxy) is 1. The maximum atomic E-state index is 13.3. The molecule has 0 aliphatic rings. The molecule has 0 spiro atoms. The quantitative estimate of drug-likeness (QED) is 0.802. The summed E-state index contributed by atoms with van der Waals surface area (Å²) >= 11 is 0. The molecule has 18 heavy (non-hydrogen) atoms. The molecule has 2 aromatic rings. The largest absolute Gasteiger partial charge is 0.489 e. The minimum Gasteiger partial charge on any atom is -0.489 e. The van der Waals surface area contributed by atoms with Crippen LogP contribution in [0.3, 0.4) is 0 Å². The van der Waals surface area contributed by atoms with E-state index in [4.69, 9.17) is 4.74 Å². The van der Waals surface area contributed by atoms with E-state index < -0.39 is 17.5 Å².